The van der Waals surface area contributed by atoms with Crippen molar-refractivity contribution in [2.24, 2.45) is 0 Å². The quantitative estimate of drug-likeness (QED) is 0.227. The van der Waals surface area contributed by atoms with Crippen LogP contribution in [0.5, 0.6) is 0 Å². The number of aromatic nitrogens is 2. The molecule has 0 fully saturated rings. The Labute approximate surface area is 242 Å². The zero-order valence-corrected chi connectivity index (χ0v) is 22.5. The van der Waals surface area contributed by atoms with E-state index in [0.29, 0.717) is 11.1 Å². The summed E-state index contributed by atoms with van der Waals surface area (Å²) in [4.78, 5) is 0. The molecule has 0 aliphatic rings. The number of nitrogens with zero attached hydrogens (tertiary/aromatic N) is 4. The van der Waals surface area contributed by atoms with Crippen LogP contribution in [0.15, 0.2) is 133 Å². The van der Waals surface area contributed by atoms with Crippen LogP contribution < -0.4 is 0 Å². The summed E-state index contributed by atoms with van der Waals surface area (Å²) in [7, 11) is 0. The van der Waals surface area contributed by atoms with Gasteiger partial charge >= 0.3 is 0 Å². The molecular formula is C38H22N4. The van der Waals surface area contributed by atoms with Gasteiger partial charge in [-0.3, -0.25) is 0 Å². The van der Waals surface area contributed by atoms with Gasteiger partial charge in [0.1, 0.15) is 12.1 Å². The van der Waals surface area contributed by atoms with Gasteiger partial charge in [0.2, 0.25) is 0 Å². The van der Waals surface area contributed by atoms with Gasteiger partial charge in [0.05, 0.1) is 33.2 Å². The molecule has 6 aromatic carbocycles. The van der Waals surface area contributed by atoms with Gasteiger partial charge in [0.25, 0.3) is 0 Å². The maximum atomic E-state index is 9.66. The zero-order valence-electron chi connectivity index (χ0n) is 22.5. The summed E-state index contributed by atoms with van der Waals surface area (Å²) in [6, 6.07) is 50.5. The van der Waals surface area contributed by atoms with Crippen LogP contribution in [0.1, 0.15) is 11.1 Å². The molecule has 0 atom stereocenters. The van der Waals surface area contributed by atoms with Crippen molar-refractivity contribution in [3.05, 3.63) is 145 Å². The molecule has 0 spiro atoms. The summed E-state index contributed by atoms with van der Waals surface area (Å²) in [6.45, 7) is 0. The van der Waals surface area contributed by atoms with Crippen LogP contribution in [-0.2, 0) is 0 Å². The molecule has 8 aromatic rings. The van der Waals surface area contributed by atoms with E-state index < -0.39 is 0 Å². The number of rotatable bonds is 3. The fourth-order valence-corrected chi connectivity index (χ4v) is 6.30. The van der Waals surface area contributed by atoms with Gasteiger partial charge in [0.15, 0.2) is 0 Å². The zero-order chi connectivity index (χ0) is 28.2. The largest absolute Gasteiger partial charge is 0.309 e. The molecule has 0 unspecified atom stereocenters. The molecule has 42 heavy (non-hydrogen) atoms. The number of hydrogen-bond acceptors (Lipinski definition) is 2. The van der Waals surface area contributed by atoms with Gasteiger partial charge in [-0.1, -0.05) is 66.7 Å². The smallest absolute Gasteiger partial charge is 0.101 e. The van der Waals surface area contributed by atoms with Crippen LogP contribution in [0.25, 0.3) is 66.1 Å². The minimum Gasteiger partial charge on any atom is -0.309 e. The van der Waals surface area contributed by atoms with E-state index in [1.165, 1.54) is 21.8 Å². The third-order valence-corrected chi connectivity index (χ3v) is 8.20. The Bertz CT molecular complexity index is 2430. The molecule has 0 radical (unpaired) electrons. The maximum Gasteiger partial charge on any atom is 0.101 e. The molecule has 0 saturated carbocycles. The first-order valence-corrected chi connectivity index (χ1v) is 13.8. The van der Waals surface area contributed by atoms with Crippen molar-refractivity contribution in [3.63, 3.8) is 0 Å². The molecule has 8 rings (SSSR count). The summed E-state index contributed by atoms with van der Waals surface area (Å²) in [5.41, 5.74) is 9.53. The lowest BCUT2D eigenvalue weighted by Gasteiger charge is -2.10. The Balaban J connectivity index is 1.34. The second kappa shape index (κ2) is 9.24. The molecule has 4 heteroatoms. The highest BCUT2D eigenvalue weighted by Crippen LogP contribution is 2.38. The van der Waals surface area contributed by atoms with Crippen LogP contribution in [0.2, 0.25) is 0 Å². The van der Waals surface area contributed by atoms with E-state index >= 15 is 0 Å². The lowest BCUT2D eigenvalue weighted by atomic mass is 10.0. The second-order valence-electron chi connectivity index (χ2n) is 10.5. The first-order chi connectivity index (χ1) is 20.7. The highest BCUT2D eigenvalue weighted by atomic mass is 15.0. The minimum absolute atomic E-state index is 0.375. The van der Waals surface area contributed by atoms with Crippen molar-refractivity contribution in [3.8, 4) is 34.6 Å². The first kappa shape index (κ1) is 23.8. The van der Waals surface area contributed by atoms with E-state index in [4.69, 9.17) is 0 Å². The van der Waals surface area contributed by atoms with E-state index in [-0.39, 0.29) is 0 Å². The molecule has 0 bridgehead atoms. The van der Waals surface area contributed by atoms with Crippen LogP contribution in [0.3, 0.4) is 0 Å². The first-order valence-electron chi connectivity index (χ1n) is 13.8. The predicted octanol–water partition coefficient (Wildman–Crippen LogP) is 9.29. The number of benzene rings is 6. The van der Waals surface area contributed by atoms with Gasteiger partial charge in [-0.2, -0.15) is 10.5 Å². The fraction of sp³-hybridized carbons (Fsp3) is 0. The number of nitriles is 2. The van der Waals surface area contributed by atoms with E-state index in [9.17, 15) is 10.5 Å². The molecular weight excluding hydrogens is 512 g/mol. The highest BCUT2D eigenvalue weighted by Gasteiger charge is 2.16. The summed E-state index contributed by atoms with van der Waals surface area (Å²) >= 11 is 0. The predicted molar refractivity (Wildman–Crippen MR) is 170 cm³/mol. The van der Waals surface area contributed by atoms with Gasteiger partial charge in [-0.05, 0) is 77.9 Å². The summed E-state index contributed by atoms with van der Waals surface area (Å²) in [5.74, 6) is 0. The van der Waals surface area contributed by atoms with Crippen molar-refractivity contribution in [2.75, 3.05) is 0 Å². The maximum absolute atomic E-state index is 9.66. The van der Waals surface area contributed by atoms with Crippen LogP contribution in [-0.4, -0.2) is 9.13 Å². The van der Waals surface area contributed by atoms with Gasteiger partial charge in [-0.25, -0.2) is 0 Å². The molecule has 0 aliphatic carbocycles. The molecule has 0 aliphatic heterocycles. The molecule has 194 valence electrons. The average Bonchev–Trinajstić information content (AvgIpc) is 3.57. The standard InChI is InChI=1S/C38H22N4/c39-23-27-14-17-30(20-28(27)24-40)42-36-13-7-5-11-32(36)34-22-26(16-19-38(34)42)25-15-18-37-33(21-25)31-10-4-6-12-35(31)41(37)29-8-2-1-3-9-29/h1-22H. The van der Waals surface area contributed by atoms with Crippen molar-refractivity contribution in [2.45, 2.75) is 0 Å². The molecule has 0 N–H and O–H groups in total. The summed E-state index contributed by atoms with van der Waals surface area (Å²) < 4.78 is 4.51. The Morgan fingerprint density at radius 2 is 0.881 bits per heavy atom. The Hall–Kier alpha value is -6.10. The third-order valence-electron chi connectivity index (χ3n) is 8.20. The SMILES string of the molecule is N#Cc1ccc(-n2c3ccccc3c3cc(-c4ccc5c(c4)c4ccccc4n5-c4ccccc4)ccc32)cc1C#N. The normalized spacial score (nSPS) is 11.3. The van der Waals surface area contributed by atoms with Crippen LogP contribution in [0, 0.1) is 22.7 Å². The van der Waals surface area contributed by atoms with Crippen molar-refractivity contribution in [1.29, 1.82) is 10.5 Å². The van der Waals surface area contributed by atoms with Gasteiger partial charge in [-0.15, -0.1) is 0 Å². The number of hydrogen-bond donors (Lipinski definition) is 0. The Kier molecular flexibility index (Phi) is 5.22. The summed E-state index contributed by atoms with van der Waals surface area (Å²) in [6.07, 6.45) is 0. The molecule has 0 saturated heterocycles. The average molecular weight is 535 g/mol. The lowest BCUT2D eigenvalue weighted by molar-refractivity contribution is 1.17. The highest BCUT2D eigenvalue weighted by molar-refractivity contribution is 6.12. The van der Waals surface area contributed by atoms with Crippen LogP contribution in [0.4, 0.5) is 0 Å². The third kappa shape index (κ3) is 3.47. The van der Waals surface area contributed by atoms with E-state index in [2.05, 4.69) is 124 Å². The molecule has 2 heterocycles. The van der Waals surface area contributed by atoms with Gasteiger partial charge < -0.3 is 9.13 Å². The monoisotopic (exact) mass is 534 g/mol. The van der Waals surface area contributed by atoms with E-state index in [0.717, 1.165) is 44.3 Å². The number of para-hydroxylation sites is 3. The fourth-order valence-electron chi connectivity index (χ4n) is 6.30. The molecule has 4 nitrogen and oxygen atoms in total. The van der Waals surface area contributed by atoms with Crippen LogP contribution >= 0.6 is 0 Å². The Morgan fingerprint density at radius 3 is 1.45 bits per heavy atom. The van der Waals surface area contributed by atoms with Crippen molar-refractivity contribution in [1.82, 2.24) is 9.13 Å². The van der Waals surface area contributed by atoms with Crippen molar-refractivity contribution >= 4 is 43.6 Å². The van der Waals surface area contributed by atoms with E-state index in [1.54, 1.807) is 12.1 Å². The summed E-state index contributed by atoms with van der Waals surface area (Å²) in [5, 5.41) is 23.8. The topological polar surface area (TPSA) is 57.4 Å². The molecule has 0 amide bonds. The lowest BCUT2D eigenvalue weighted by Crippen LogP contribution is -1.96. The van der Waals surface area contributed by atoms with E-state index in [1.807, 2.05) is 18.2 Å². The second-order valence-corrected chi connectivity index (χ2v) is 10.5. The Morgan fingerprint density at radius 1 is 0.381 bits per heavy atom. The van der Waals surface area contributed by atoms with Crippen molar-refractivity contribution < 1.29 is 0 Å². The number of fused-ring (bicyclic) bond motifs is 6. The molecule has 2 aromatic heterocycles. The van der Waals surface area contributed by atoms with Gasteiger partial charge in [0, 0.05) is 32.9 Å². The minimum atomic E-state index is 0.375.